The van der Waals surface area contributed by atoms with Gasteiger partial charge in [-0.25, -0.2) is 0 Å². The number of hydrogen-bond donors (Lipinski definition) is 1. The minimum Gasteiger partial charge on any atom is -0.319 e. The van der Waals surface area contributed by atoms with Gasteiger partial charge in [-0.05, 0) is 43.4 Å². The molecule has 1 aromatic rings. The van der Waals surface area contributed by atoms with Gasteiger partial charge in [-0.15, -0.1) is 0 Å². The third-order valence-corrected chi connectivity index (χ3v) is 3.85. The van der Waals surface area contributed by atoms with Crippen LogP contribution in [0.2, 0.25) is 0 Å². The van der Waals surface area contributed by atoms with Crippen LogP contribution in [0.25, 0.3) is 0 Å². The average Bonchev–Trinajstić information content (AvgIpc) is 2.35. The molecule has 1 heteroatoms. The Balaban J connectivity index is 2.81. The molecule has 0 aliphatic carbocycles. The lowest BCUT2D eigenvalue weighted by Gasteiger charge is -2.23. The maximum absolute atomic E-state index is 3.35. The van der Waals surface area contributed by atoms with Crippen LogP contribution in [-0.4, -0.2) is 13.6 Å². The monoisotopic (exact) mass is 233 g/mol. The molecule has 1 unspecified atom stereocenters. The summed E-state index contributed by atoms with van der Waals surface area (Å²) in [6.45, 7) is 7.93. The third kappa shape index (κ3) is 4.16. The summed E-state index contributed by atoms with van der Waals surface area (Å²) in [4.78, 5) is 0. The molecular formula is C16H27N. The molecule has 1 rings (SSSR count). The lowest BCUT2D eigenvalue weighted by Crippen LogP contribution is -2.20. The summed E-state index contributed by atoms with van der Waals surface area (Å²) in [5.74, 6) is 1.51. The lowest BCUT2D eigenvalue weighted by molar-refractivity contribution is 0.402. The standard InChI is InChI=1S/C16H27N/c1-5-14(6-2)11-15(12-17-4)16-10-8-7-9-13(16)3/h7-10,14-15,17H,5-6,11-12H2,1-4H3. The van der Waals surface area contributed by atoms with Gasteiger partial charge in [0.1, 0.15) is 0 Å². The molecule has 0 saturated heterocycles. The Bertz CT molecular complexity index is 315. The molecule has 1 N–H and O–H groups in total. The van der Waals surface area contributed by atoms with E-state index < -0.39 is 0 Å². The summed E-state index contributed by atoms with van der Waals surface area (Å²) in [5.41, 5.74) is 2.95. The van der Waals surface area contributed by atoms with Gasteiger partial charge in [0.2, 0.25) is 0 Å². The van der Waals surface area contributed by atoms with Crippen LogP contribution in [0.4, 0.5) is 0 Å². The lowest BCUT2D eigenvalue weighted by atomic mass is 9.84. The van der Waals surface area contributed by atoms with Gasteiger partial charge >= 0.3 is 0 Å². The number of aryl methyl sites for hydroxylation is 1. The van der Waals surface area contributed by atoms with E-state index in [1.807, 2.05) is 0 Å². The highest BCUT2D eigenvalue weighted by Crippen LogP contribution is 2.28. The predicted octanol–water partition coefficient (Wildman–Crippen LogP) is 4.12. The fourth-order valence-electron chi connectivity index (χ4n) is 2.64. The highest BCUT2D eigenvalue weighted by atomic mass is 14.8. The van der Waals surface area contributed by atoms with E-state index in [9.17, 15) is 0 Å². The van der Waals surface area contributed by atoms with Crippen molar-refractivity contribution in [1.29, 1.82) is 0 Å². The Labute approximate surface area is 107 Å². The maximum Gasteiger partial charge on any atom is 0.00173 e. The van der Waals surface area contributed by atoms with E-state index in [1.54, 1.807) is 0 Å². The highest BCUT2D eigenvalue weighted by Gasteiger charge is 2.16. The van der Waals surface area contributed by atoms with Crippen molar-refractivity contribution in [3.05, 3.63) is 35.4 Å². The van der Waals surface area contributed by atoms with Gasteiger partial charge in [0, 0.05) is 6.54 Å². The van der Waals surface area contributed by atoms with Gasteiger partial charge in [-0.1, -0.05) is 51.0 Å². The zero-order chi connectivity index (χ0) is 12.7. The van der Waals surface area contributed by atoms with E-state index in [2.05, 4.69) is 57.4 Å². The predicted molar refractivity (Wildman–Crippen MR) is 76.5 cm³/mol. The van der Waals surface area contributed by atoms with E-state index in [0.717, 1.165) is 12.5 Å². The molecule has 96 valence electrons. The van der Waals surface area contributed by atoms with Gasteiger partial charge in [0.15, 0.2) is 0 Å². The molecule has 1 aromatic carbocycles. The van der Waals surface area contributed by atoms with Crippen molar-refractivity contribution in [2.24, 2.45) is 5.92 Å². The molecule has 0 radical (unpaired) electrons. The van der Waals surface area contributed by atoms with Crippen molar-refractivity contribution in [3.8, 4) is 0 Å². The number of nitrogens with one attached hydrogen (secondary N) is 1. The molecule has 0 heterocycles. The fraction of sp³-hybridized carbons (Fsp3) is 0.625. The van der Waals surface area contributed by atoms with E-state index in [1.165, 1.54) is 30.4 Å². The van der Waals surface area contributed by atoms with Crippen molar-refractivity contribution in [1.82, 2.24) is 5.32 Å². The Morgan fingerprint density at radius 3 is 2.29 bits per heavy atom. The Kier molecular flexibility index (Phi) is 6.28. The van der Waals surface area contributed by atoms with Crippen LogP contribution in [-0.2, 0) is 0 Å². The quantitative estimate of drug-likeness (QED) is 0.747. The molecule has 0 bridgehead atoms. The van der Waals surface area contributed by atoms with Crippen molar-refractivity contribution in [3.63, 3.8) is 0 Å². The van der Waals surface area contributed by atoms with Gasteiger partial charge in [-0.3, -0.25) is 0 Å². The summed E-state index contributed by atoms with van der Waals surface area (Å²) in [6.07, 6.45) is 3.89. The Morgan fingerprint density at radius 2 is 1.76 bits per heavy atom. The molecule has 0 fully saturated rings. The first kappa shape index (κ1) is 14.2. The van der Waals surface area contributed by atoms with Crippen molar-refractivity contribution in [2.45, 2.75) is 46.0 Å². The van der Waals surface area contributed by atoms with Crippen LogP contribution in [0.5, 0.6) is 0 Å². The van der Waals surface area contributed by atoms with E-state index >= 15 is 0 Å². The van der Waals surface area contributed by atoms with Crippen LogP contribution in [0.3, 0.4) is 0 Å². The summed E-state index contributed by atoms with van der Waals surface area (Å²) in [5, 5.41) is 3.35. The van der Waals surface area contributed by atoms with Crippen LogP contribution < -0.4 is 5.32 Å². The maximum atomic E-state index is 3.35. The number of hydrogen-bond acceptors (Lipinski definition) is 1. The van der Waals surface area contributed by atoms with Gasteiger partial charge in [0.05, 0.1) is 0 Å². The van der Waals surface area contributed by atoms with Crippen molar-refractivity contribution < 1.29 is 0 Å². The number of benzene rings is 1. The molecule has 0 amide bonds. The molecule has 17 heavy (non-hydrogen) atoms. The molecule has 1 nitrogen and oxygen atoms in total. The fourth-order valence-corrected chi connectivity index (χ4v) is 2.64. The first-order chi connectivity index (χ1) is 8.22. The molecule has 0 aliphatic heterocycles. The van der Waals surface area contributed by atoms with Crippen LogP contribution >= 0.6 is 0 Å². The topological polar surface area (TPSA) is 12.0 Å². The van der Waals surface area contributed by atoms with Crippen LogP contribution in [0.1, 0.15) is 50.2 Å². The van der Waals surface area contributed by atoms with Crippen molar-refractivity contribution in [2.75, 3.05) is 13.6 Å². The van der Waals surface area contributed by atoms with E-state index in [4.69, 9.17) is 0 Å². The molecule has 1 atom stereocenters. The minimum absolute atomic E-state index is 0.658. The molecule has 0 spiro atoms. The molecule has 0 aromatic heterocycles. The SMILES string of the molecule is CCC(CC)CC(CNC)c1ccccc1C. The van der Waals surface area contributed by atoms with Gasteiger partial charge in [0.25, 0.3) is 0 Å². The molecule has 0 saturated carbocycles. The van der Waals surface area contributed by atoms with Gasteiger partial charge in [-0.2, -0.15) is 0 Å². The normalized spacial score (nSPS) is 13.0. The Morgan fingerprint density at radius 1 is 1.12 bits per heavy atom. The summed E-state index contributed by atoms with van der Waals surface area (Å²) < 4.78 is 0. The smallest absolute Gasteiger partial charge is 0.00173 e. The van der Waals surface area contributed by atoms with E-state index in [-0.39, 0.29) is 0 Å². The largest absolute Gasteiger partial charge is 0.319 e. The summed E-state index contributed by atoms with van der Waals surface area (Å²) >= 11 is 0. The number of likely N-dealkylation sites (N-methyl/N-ethyl adjacent to an activating group) is 1. The number of rotatable bonds is 7. The highest BCUT2D eigenvalue weighted by molar-refractivity contribution is 5.29. The molecular weight excluding hydrogens is 206 g/mol. The van der Waals surface area contributed by atoms with E-state index in [0.29, 0.717) is 5.92 Å². The average molecular weight is 233 g/mol. The van der Waals surface area contributed by atoms with Crippen LogP contribution in [0, 0.1) is 12.8 Å². The first-order valence-electron chi connectivity index (χ1n) is 6.93. The molecule has 0 aliphatic rings. The second-order valence-electron chi connectivity index (χ2n) is 5.03. The minimum atomic E-state index is 0.658. The third-order valence-electron chi connectivity index (χ3n) is 3.85. The zero-order valence-electron chi connectivity index (χ0n) is 11.8. The van der Waals surface area contributed by atoms with Crippen LogP contribution in [0.15, 0.2) is 24.3 Å². The Hall–Kier alpha value is -0.820. The zero-order valence-corrected chi connectivity index (χ0v) is 11.8. The second-order valence-corrected chi connectivity index (χ2v) is 5.03. The van der Waals surface area contributed by atoms with Crippen molar-refractivity contribution >= 4 is 0 Å². The summed E-state index contributed by atoms with van der Waals surface area (Å²) in [7, 11) is 2.05. The first-order valence-corrected chi connectivity index (χ1v) is 6.93. The van der Waals surface area contributed by atoms with Gasteiger partial charge < -0.3 is 5.32 Å². The second kappa shape index (κ2) is 7.50. The summed E-state index contributed by atoms with van der Waals surface area (Å²) in [6, 6.07) is 8.81.